The zero-order chi connectivity index (χ0) is 21.0. The molecule has 0 spiro atoms. The van der Waals surface area contributed by atoms with Crippen LogP contribution in [0.3, 0.4) is 0 Å². The highest BCUT2D eigenvalue weighted by Gasteiger charge is 2.41. The maximum absolute atomic E-state index is 13.0. The van der Waals surface area contributed by atoms with Gasteiger partial charge in [0, 0.05) is 12.1 Å². The van der Waals surface area contributed by atoms with Crippen molar-refractivity contribution in [3.05, 3.63) is 70.3 Å². The molecule has 1 aliphatic rings. The SMILES string of the molecule is Cc1ccc(N2C(=O)CC(SC(Nc3ccccc3)=C(C#N)C#N)C2=O)cc1C. The Morgan fingerprint density at radius 2 is 1.76 bits per heavy atom. The monoisotopic (exact) mass is 402 g/mol. The zero-order valence-electron chi connectivity index (χ0n) is 16.0. The van der Waals surface area contributed by atoms with Crippen molar-refractivity contribution < 1.29 is 9.59 Å². The van der Waals surface area contributed by atoms with Crippen LogP contribution in [0.25, 0.3) is 0 Å². The topological polar surface area (TPSA) is 97.0 Å². The van der Waals surface area contributed by atoms with Crippen molar-refractivity contribution >= 4 is 35.0 Å². The quantitative estimate of drug-likeness (QED) is 0.599. The minimum absolute atomic E-state index is 0.000527. The van der Waals surface area contributed by atoms with E-state index in [0.717, 1.165) is 22.9 Å². The average Bonchev–Trinajstić information content (AvgIpc) is 2.99. The zero-order valence-corrected chi connectivity index (χ0v) is 16.8. The summed E-state index contributed by atoms with van der Waals surface area (Å²) < 4.78 is 0. The van der Waals surface area contributed by atoms with Crippen molar-refractivity contribution in [1.29, 1.82) is 10.5 Å². The second kappa shape index (κ2) is 8.64. The Morgan fingerprint density at radius 3 is 2.38 bits per heavy atom. The highest BCUT2D eigenvalue weighted by Crippen LogP contribution is 2.35. The standard InChI is InChI=1S/C22H18N4O2S/c1-14-8-9-18(10-15(14)2)26-20(27)11-19(22(26)28)29-21(16(12-23)13-24)25-17-6-4-3-5-7-17/h3-10,19,25H,11H2,1-2H3. The first kappa shape index (κ1) is 20.2. The molecule has 6 nitrogen and oxygen atoms in total. The van der Waals surface area contributed by atoms with Crippen LogP contribution in [0.5, 0.6) is 0 Å². The van der Waals surface area contributed by atoms with Crippen LogP contribution in [-0.4, -0.2) is 17.1 Å². The number of para-hydroxylation sites is 1. The number of hydrogen-bond acceptors (Lipinski definition) is 6. The van der Waals surface area contributed by atoms with E-state index >= 15 is 0 Å². The van der Waals surface area contributed by atoms with E-state index in [9.17, 15) is 20.1 Å². The first-order chi connectivity index (χ1) is 13.9. The van der Waals surface area contributed by atoms with Gasteiger partial charge in [-0.2, -0.15) is 10.5 Å². The predicted octanol–water partition coefficient (Wildman–Crippen LogP) is 4.04. The van der Waals surface area contributed by atoms with E-state index < -0.39 is 5.25 Å². The number of hydrogen-bond donors (Lipinski definition) is 1. The van der Waals surface area contributed by atoms with Gasteiger partial charge in [0.2, 0.25) is 11.8 Å². The molecule has 7 heteroatoms. The number of benzene rings is 2. The Morgan fingerprint density at radius 1 is 1.07 bits per heavy atom. The number of amides is 2. The van der Waals surface area contributed by atoms with Gasteiger partial charge in [-0.15, -0.1) is 0 Å². The molecule has 29 heavy (non-hydrogen) atoms. The number of carbonyl (C=O) groups is 2. The minimum Gasteiger partial charge on any atom is -0.349 e. The van der Waals surface area contributed by atoms with Crippen molar-refractivity contribution in [2.24, 2.45) is 0 Å². The van der Waals surface area contributed by atoms with Crippen LogP contribution in [-0.2, 0) is 9.59 Å². The molecule has 1 N–H and O–H groups in total. The lowest BCUT2D eigenvalue weighted by molar-refractivity contribution is -0.121. The lowest BCUT2D eigenvalue weighted by Gasteiger charge is -2.17. The third-order valence-corrected chi connectivity index (χ3v) is 5.79. The minimum atomic E-state index is -0.716. The number of nitriles is 2. The summed E-state index contributed by atoms with van der Waals surface area (Å²) >= 11 is 1.03. The molecule has 0 saturated carbocycles. The van der Waals surface area contributed by atoms with Crippen molar-refractivity contribution in [3.63, 3.8) is 0 Å². The van der Waals surface area contributed by atoms with Gasteiger partial charge in [0.15, 0.2) is 5.57 Å². The van der Waals surface area contributed by atoms with E-state index in [4.69, 9.17) is 0 Å². The molecule has 3 rings (SSSR count). The number of rotatable bonds is 5. The van der Waals surface area contributed by atoms with Crippen molar-refractivity contribution in [1.82, 2.24) is 0 Å². The van der Waals surface area contributed by atoms with Crippen LogP contribution >= 0.6 is 11.8 Å². The van der Waals surface area contributed by atoms with Crippen molar-refractivity contribution in [2.75, 3.05) is 10.2 Å². The summed E-state index contributed by atoms with van der Waals surface area (Å²) in [6.45, 7) is 3.88. The van der Waals surface area contributed by atoms with Crippen LogP contribution in [0, 0.1) is 36.5 Å². The number of allylic oxidation sites excluding steroid dienone is 1. The molecule has 1 unspecified atom stereocenters. The Labute approximate surface area is 173 Å². The van der Waals surface area contributed by atoms with Gasteiger partial charge >= 0.3 is 0 Å². The number of carbonyl (C=O) groups excluding carboxylic acids is 2. The van der Waals surface area contributed by atoms with E-state index in [1.165, 1.54) is 4.90 Å². The lowest BCUT2D eigenvalue weighted by atomic mass is 10.1. The number of thioether (sulfide) groups is 1. The molecule has 1 atom stereocenters. The van der Waals surface area contributed by atoms with Gasteiger partial charge in [-0.25, -0.2) is 4.90 Å². The number of nitrogens with zero attached hydrogens (tertiary/aromatic N) is 3. The smallest absolute Gasteiger partial charge is 0.247 e. The van der Waals surface area contributed by atoms with Gasteiger partial charge in [0.05, 0.1) is 10.9 Å². The third-order valence-electron chi connectivity index (χ3n) is 4.60. The third kappa shape index (κ3) is 4.31. The summed E-state index contributed by atoms with van der Waals surface area (Å²) in [7, 11) is 0. The fourth-order valence-electron chi connectivity index (χ4n) is 2.90. The Kier molecular flexibility index (Phi) is 6.01. The molecule has 2 aromatic carbocycles. The Balaban J connectivity index is 1.87. The highest BCUT2D eigenvalue weighted by molar-refractivity contribution is 8.04. The van der Waals surface area contributed by atoms with E-state index in [-0.39, 0.29) is 28.8 Å². The first-order valence-corrected chi connectivity index (χ1v) is 9.79. The summed E-state index contributed by atoms with van der Waals surface area (Å²) in [5, 5.41) is 21.2. The van der Waals surface area contributed by atoms with Crippen LogP contribution in [0.2, 0.25) is 0 Å². The number of imide groups is 1. The van der Waals surface area contributed by atoms with E-state index in [1.807, 2.05) is 56.3 Å². The van der Waals surface area contributed by atoms with Gasteiger partial charge in [-0.1, -0.05) is 36.0 Å². The van der Waals surface area contributed by atoms with E-state index in [0.29, 0.717) is 11.4 Å². The van der Waals surface area contributed by atoms with Gasteiger partial charge in [0.25, 0.3) is 0 Å². The molecule has 0 radical (unpaired) electrons. The number of anilines is 2. The molecule has 0 aliphatic carbocycles. The van der Waals surface area contributed by atoms with E-state index in [1.54, 1.807) is 18.2 Å². The second-order valence-electron chi connectivity index (χ2n) is 6.57. The Bertz CT molecular complexity index is 1060. The maximum atomic E-state index is 13.0. The number of aryl methyl sites for hydroxylation is 2. The summed E-state index contributed by atoms with van der Waals surface area (Å²) in [6.07, 6.45) is 0.000527. The average molecular weight is 402 g/mol. The molecular formula is C22H18N4O2S. The van der Waals surface area contributed by atoms with E-state index in [2.05, 4.69) is 5.32 Å². The Hall–Kier alpha value is -3.55. The normalized spacial score (nSPS) is 15.6. The fraction of sp³-hybridized carbons (Fsp3) is 0.182. The van der Waals surface area contributed by atoms with Crippen LogP contribution in [0.4, 0.5) is 11.4 Å². The largest absolute Gasteiger partial charge is 0.349 e. The van der Waals surface area contributed by atoms with Crippen LogP contribution in [0.15, 0.2) is 59.1 Å². The molecule has 0 bridgehead atoms. The maximum Gasteiger partial charge on any atom is 0.247 e. The summed E-state index contributed by atoms with van der Waals surface area (Å²) in [5.41, 5.74) is 3.14. The second-order valence-corrected chi connectivity index (χ2v) is 7.78. The molecule has 1 aliphatic heterocycles. The van der Waals surface area contributed by atoms with Crippen molar-refractivity contribution in [3.8, 4) is 12.1 Å². The summed E-state index contributed by atoms with van der Waals surface area (Å²) in [6, 6.07) is 18.2. The molecule has 1 fully saturated rings. The van der Waals surface area contributed by atoms with Gasteiger partial charge in [-0.05, 0) is 49.2 Å². The molecule has 1 saturated heterocycles. The summed E-state index contributed by atoms with van der Waals surface area (Å²) in [4.78, 5) is 26.7. The van der Waals surface area contributed by atoms with Crippen LogP contribution < -0.4 is 10.2 Å². The summed E-state index contributed by atoms with van der Waals surface area (Å²) in [5.74, 6) is -0.656. The molecular weight excluding hydrogens is 384 g/mol. The first-order valence-electron chi connectivity index (χ1n) is 8.92. The molecule has 1 heterocycles. The highest BCUT2D eigenvalue weighted by atomic mass is 32.2. The van der Waals surface area contributed by atoms with Gasteiger partial charge < -0.3 is 5.32 Å². The van der Waals surface area contributed by atoms with Crippen LogP contribution in [0.1, 0.15) is 17.5 Å². The lowest BCUT2D eigenvalue weighted by Crippen LogP contribution is -2.31. The number of nitrogens with one attached hydrogen (secondary N) is 1. The molecule has 2 amide bonds. The predicted molar refractivity (Wildman–Crippen MR) is 113 cm³/mol. The van der Waals surface area contributed by atoms with Crippen molar-refractivity contribution in [2.45, 2.75) is 25.5 Å². The molecule has 0 aromatic heterocycles. The molecule has 2 aromatic rings. The van der Waals surface area contributed by atoms with Gasteiger partial charge in [0.1, 0.15) is 17.2 Å². The molecule has 144 valence electrons. The fourth-order valence-corrected chi connectivity index (χ4v) is 4.01. The van der Waals surface area contributed by atoms with Gasteiger partial charge in [-0.3, -0.25) is 9.59 Å².